The van der Waals surface area contributed by atoms with E-state index in [4.69, 9.17) is 17.0 Å². The van der Waals surface area contributed by atoms with Crippen LogP contribution in [0.4, 0.5) is 0 Å². The van der Waals surface area contributed by atoms with Crippen LogP contribution in [0.5, 0.6) is 0 Å². The van der Waals surface area contributed by atoms with Crippen LogP contribution in [0.15, 0.2) is 17.1 Å². The van der Waals surface area contributed by atoms with E-state index in [-0.39, 0.29) is 17.6 Å². The molecule has 0 saturated carbocycles. The third kappa shape index (κ3) is 5.75. The number of rotatable bonds is 9. The van der Waals surface area contributed by atoms with Crippen molar-refractivity contribution < 1.29 is 9.53 Å². The molecule has 0 radical (unpaired) electrons. The second-order valence-corrected chi connectivity index (χ2v) is 6.03. The number of aryl methyl sites for hydroxylation is 1. The van der Waals surface area contributed by atoms with Crippen molar-refractivity contribution in [3.05, 3.63) is 27.4 Å². The number of nitrogens with zero attached hydrogens (tertiary/aromatic N) is 2. The number of aromatic nitrogens is 2. The van der Waals surface area contributed by atoms with Gasteiger partial charge in [0.2, 0.25) is 0 Å². The van der Waals surface area contributed by atoms with E-state index in [0.29, 0.717) is 24.3 Å². The summed E-state index contributed by atoms with van der Waals surface area (Å²) in [6.07, 6.45) is 5.56. The van der Waals surface area contributed by atoms with Gasteiger partial charge in [0.15, 0.2) is 0 Å². The van der Waals surface area contributed by atoms with E-state index in [2.05, 4.69) is 0 Å². The highest BCUT2D eigenvalue weighted by Gasteiger charge is 2.07. The lowest BCUT2D eigenvalue weighted by Gasteiger charge is -2.09. The Morgan fingerprint density at radius 1 is 1.27 bits per heavy atom. The summed E-state index contributed by atoms with van der Waals surface area (Å²) >= 11 is 5.13. The third-order valence-electron chi connectivity index (χ3n) is 3.46. The first-order valence-corrected chi connectivity index (χ1v) is 8.35. The lowest BCUT2D eigenvalue weighted by Crippen LogP contribution is -2.30. The van der Waals surface area contributed by atoms with E-state index in [1.807, 2.05) is 20.8 Å². The van der Waals surface area contributed by atoms with Crippen molar-refractivity contribution in [2.75, 3.05) is 6.61 Å². The fourth-order valence-electron chi connectivity index (χ4n) is 2.10. The Balaban J connectivity index is 2.27. The Bertz CT molecular complexity index is 590. The van der Waals surface area contributed by atoms with E-state index in [1.165, 1.54) is 0 Å². The van der Waals surface area contributed by atoms with Crippen molar-refractivity contribution in [1.82, 2.24) is 9.13 Å². The van der Waals surface area contributed by atoms with Crippen molar-refractivity contribution >= 4 is 18.2 Å². The monoisotopic (exact) mass is 326 g/mol. The molecule has 0 atom stereocenters. The summed E-state index contributed by atoms with van der Waals surface area (Å²) in [6, 6.07) is 1.80. The second-order valence-electron chi connectivity index (χ2n) is 5.61. The summed E-state index contributed by atoms with van der Waals surface area (Å²) in [5.41, 5.74) is -0.0409. The molecule has 0 amide bonds. The van der Waals surface area contributed by atoms with Crippen LogP contribution in [0.2, 0.25) is 0 Å². The zero-order valence-corrected chi connectivity index (χ0v) is 14.5. The Labute approximate surface area is 136 Å². The first-order valence-electron chi connectivity index (χ1n) is 7.94. The summed E-state index contributed by atoms with van der Waals surface area (Å²) in [5, 5.41) is 0. The average Bonchev–Trinajstić information content (AvgIpc) is 2.48. The third-order valence-corrected chi connectivity index (χ3v) is 3.82. The number of esters is 1. The van der Waals surface area contributed by atoms with E-state index >= 15 is 0 Å². The largest absolute Gasteiger partial charge is 0.465 e. The molecule has 0 aliphatic carbocycles. The molecule has 22 heavy (non-hydrogen) atoms. The molecule has 0 bridgehead atoms. The van der Waals surface area contributed by atoms with Crippen LogP contribution in [-0.2, 0) is 22.6 Å². The predicted molar refractivity (Wildman–Crippen MR) is 89.5 cm³/mol. The van der Waals surface area contributed by atoms with E-state index < -0.39 is 0 Å². The summed E-state index contributed by atoms with van der Waals surface area (Å²) in [7, 11) is 0. The zero-order valence-electron chi connectivity index (χ0n) is 13.7. The Kier molecular flexibility index (Phi) is 8.09. The number of carbonyl (C=O) groups excluding carboxylic acids is 1. The molecule has 1 rings (SSSR count). The van der Waals surface area contributed by atoms with Crippen LogP contribution >= 0.6 is 12.2 Å². The Morgan fingerprint density at radius 3 is 2.59 bits per heavy atom. The number of ether oxygens (including phenoxy) is 1. The molecule has 1 aromatic rings. The average molecular weight is 326 g/mol. The molecule has 0 spiro atoms. The van der Waals surface area contributed by atoms with Gasteiger partial charge in [0.25, 0.3) is 0 Å². The van der Waals surface area contributed by atoms with Crippen molar-refractivity contribution in [2.24, 2.45) is 5.92 Å². The Morgan fingerprint density at radius 2 is 1.95 bits per heavy atom. The first-order chi connectivity index (χ1) is 10.5. The van der Waals surface area contributed by atoms with Gasteiger partial charge >= 0.3 is 11.7 Å². The predicted octanol–water partition coefficient (Wildman–Crippen LogP) is 3.16. The molecule has 0 unspecified atom stereocenters. The SMILES string of the molecule is CCn1c(=S)ccn(CCCCCCOC(=O)C(C)C)c1=O. The van der Waals surface area contributed by atoms with Crippen LogP contribution in [0.3, 0.4) is 0 Å². The minimum absolute atomic E-state index is 0.0409. The number of hydrogen-bond acceptors (Lipinski definition) is 4. The van der Waals surface area contributed by atoms with Gasteiger partial charge in [-0.3, -0.25) is 9.36 Å². The van der Waals surface area contributed by atoms with Gasteiger partial charge in [0.1, 0.15) is 4.64 Å². The number of carbonyl (C=O) groups is 1. The number of unbranched alkanes of at least 4 members (excludes halogenated alkanes) is 3. The molecule has 1 heterocycles. The molecule has 0 aliphatic heterocycles. The molecule has 1 aromatic heterocycles. The molecule has 0 N–H and O–H groups in total. The molecule has 0 aromatic carbocycles. The first kappa shape index (κ1) is 18.6. The fourth-order valence-corrected chi connectivity index (χ4v) is 2.36. The van der Waals surface area contributed by atoms with E-state index in [1.54, 1.807) is 21.4 Å². The molecule has 6 heteroatoms. The van der Waals surface area contributed by atoms with Crippen molar-refractivity contribution in [3.8, 4) is 0 Å². The molecule has 0 aliphatic rings. The van der Waals surface area contributed by atoms with Gasteiger partial charge in [0.05, 0.1) is 12.5 Å². The van der Waals surface area contributed by atoms with E-state index in [9.17, 15) is 9.59 Å². The van der Waals surface area contributed by atoms with Gasteiger partial charge in [-0.15, -0.1) is 0 Å². The van der Waals surface area contributed by atoms with Gasteiger partial charge in [-0.2, -0.15) is 0 Å². The lowest BCUT2D eigenvalue weighted by molar-refractivity contribution is -0.147. The van der Waals surface area contributed by atoms with Crippen LogP contribution < -0.4 is 5.69 Å². The van der Waals surface area contributed by atoms with Crippen LogP contribution in [0.25, 0.3) is 0 Å². The molecule has 5 nitrogen and oxygen atoms in total. The minimum Gasteiger partial charge on any atom is -0.465 e. The smallest absolute Gasteiger partial charge is 0.329 e. The highest BCUT2D eigenvalue weighted by atomic mass is 32.1. The molecule has 124 valence electrons. The summed E-state index contributed by atoms with van der Waals surface area (Å²) in [6.45, 7) is 7.35. The van der Waals surface area contributed by atoms with Crippen LogP contribution in [0.1, 0.15) is 46.5 Å². The van der Waals surface area contributed by atoms with Crippen molar-refractivity contribution in [1.29, 1.82) is 0 Å². The van der Waals surface area contributed by atoms with Gasteiger partial charge in [0, 0.05) is 19.3 Å². The Hall–Kier alpha value is -1.43. The van der Waals surface area contributed by atoms with Gasteiger partial charge in [-0.05, 0) is 32.3 Å². The van der Waals surface area contributed by atoms with Crippen LogP contribution in [0, 0.1) is 10.6 Å². The van der Waals surface area contributed by atoms with Crippen LogP contribution in [-0.4, -0.2) is 21.7 Å². The van der Waals surface area contributed by atoms with Gasteiger partial charge < -0.3 is 9.30 Å². The summed E-state index contributed by atoms with van der Waals surface area (Å²) < 4.78 is 9.01. The number of hydrogen-bond donors (Lipinski definition) is 0. The molecular formula is C16H26N2O3S. The molecular weight excluding hydrogens is 300 g/mol. The normalized spacial score (nSPS) is 10.9. The summed E-state index contributed by atoms with van der Waals surface area (Å²) in [5.74, 6) is -0.204. The topological polar surface area (TPSA) is 53.2 Å². The lowest BCUT2D eigenvalue weighted by atomic mass is 10.2. The van der Waals surface area contributed by atoms with Gasteiger partial charge in [-0.25, -0.2) is 4.79 Å². The van der Waals surface area contributed by atoms with Crippen molar-refractivity contribution in [3.63, 3.8) is 0 Å². The fraction of sp³-hybridized carbons (Fsp3) is 0.688. The van der Waals surface area contributed by atoms with Crippen molar-refractivity contribution in [2.45, 2.75) is 59.5 Å². The maximum Gasteiger partial charge on any atom is 0.329 e. The molecule has 0 fully saturated rings. The maximum atomic E-state index is 12.1. The quantitative estimate of drug-likeness (QED) is 0.397. The minimum atomic E-state index is -0.139. The zero-order chi connectivity index (χ0) is 16.5. The van der Waals surface area contributed by atoms with E-state index in [0.717, 1.165) is 25.7 Å². The standard InChI is InChI=1S/C16H26N2O3S/c1-4-18-14(22)9-11-17(16(18)20)10-7-5-6-8-12-21-15(19)13(2)3/h9,11,13H,4-8,10,12H2,1-3H3. The maximum absolute atomic E-state index is 12.1. The molecule has 0 saturated heterocycles. The highest BCUT2D eigenvalue weighted by Crippen LogP contribution is 2.04. The van der Waals surface area contributed by atoms with Gasteiger partial charge in [-0.1, -0.05) is 32.5 Å². The summed E-state index contributed by atoms with van der Waals surface area (Å²) in [4.78, 5) is 23.4. The second kappa shape index (κ2) is 9.56. The highest BCUT2D eigenvalue weighted by molar-refractivity contribution is 7.71.